The van der Waals surface area contributed by atoms with E-state index in [-0.39, 0.29) is 12.3 Å². The average Bonchev–Trinajstić information content (AvgIpc) is 2.60. The highest BCUT2D eigenvalue weighted by molar-refractivity contribution is 7.92. The van der Waals surface area contributed by atoms with Gasteiger partial charge in [-0.15, -0.1) is 0 Å². The van der Waals surface area contributed by atoms with Crippen molar-refractivity contribution >= 4 is 9.84 Å². The van der Waals surface area contributed by atoms with Crippen molar-refractivity contribution in [3.05, 3.63) is 18.0 Å². The van der Waals surface area contributed by atoms with Crippen LogP contribution >= 0.6 is 0 Å². The highest BCUT2D eigenvalue weighted by atomic mass is 32.2. The summed E-state index contributed by atoms with van der Waals surface area (Å²) in [5.74, 6) is 0.136. The van der Waals surface area contributed by atoms with Crippen LogP contribution in [0.5, 0.6) is 0 Å². The fourth-order valence-corrected chi connectivity index (χ4v) is 2.42. The lowest BCUT2D eigenvalue weighted by molar-refractivity contribution is 0.583. The van der Waals surface area contributed by atoms with Crippen LogP contribution in [0.4, 0.5) is 0 Å². The van der Waals surface area contributed by atoms with E-state index in [0.717, 1.165) is 5.56 Å². The van der Waals surface area contributed by atoms with E-state index >= 15 is 0 Å². The van der Waals surface area contributed by atoms with Crippen LogP contribution in [0.25, 0.3) is 0 Å². The molecule has 15 heavy (non-hydrogen) atoms. The van der Waals surface area contributed by atoms with Crippen LogP contribution in [0, 0.1) is 0 Å². The number of hydrogen-bond acceptors (Lipinski definition) is 4. The van der Waals surface area contributed by atoms with Crippen molar-refractivity contribution in [1.82, 2.24) is 9.78 Å². The van der Waals surface area contributed by atoms with Crippen molar-refractivity contribution in [2.75, 3.05) is 12.3 Å². The third kappa shape index (κ3) is 3.32. The number of sulfone groups is 1. The molecular weight excluding hydrogens is 214 g/mol. The fourth-order valence-electron chi connectivity index (χ4n) is 1.21. The van der Waals surface area contributed by atoms with Crippen LogP contribution in [-0.2, 0) is 23.3 Å². The van der Waals surface area contributed by atoms with Gasteiger partial charge in [-0.1, -0.05) is 0 Å². The molecule has 86 valence electrons. The Hall–Kier alpha value is -0.880. The molecule has 0 saturated heterocycles. The van der Waals surface area contributed by atoms with E-state index in [1.165, 1.54) is 0 Å². The smallest absolute Gasteiger partial charge is 0.154 e. The molecule has 0 bridgehead atoms. The molecule has 1 heterocycles. The summed E-state index contributed by atoms with van der Waals surface area (Å²) in [7, 11) is -1.26. The molecule has 0 aromatic carbocycles. The third-order valence-electron chi connectivity index (χ3n) is 2.38. The molecule has 1 rings (SSSR count). The maximum Gasteiger partial charge on any atom is 0.154 e. The normalized spacial score (nSPS) is 14.1. The summed E-state index contributed by atoms with van der Waals surface area (Å²) in [5.41, 5.74) is 6.27. The molecule has 1 aromatic heterocycles. The van der Waals surface area contributed by atoms with Crippen molar-refractivity contribution in [3.63, 3.8) is 0 Å². The van der Waals surface area contributed by atoms with E-state index in [9.17, 15) is 8.42 Å². The molecule has 6 heteroatoms. The van der Waals surface area contributed by atoms with Crippen molar-refractivity contribution in [1.29, 1.82) is 0 Å². The van der Waals surface area contributed by atoms with E-state index in [0.29, 0.717) is 6.42 Å². The van der Waals surface area contributed by atoms with Gasteiger partial charge >= 0.3 is 0 Å². The molecule has 0 aliphatic carbocycles. The first-order valence-electron chi connectivity index (χ1n) is 4.85. The summed E-state index contributed by atoms with van der Waals surface area (Å²) >= 11 is 0. The highest BCUT2D eigenvalue weighted by Gasteiger charge is 2.18. The lowest BCUT2D eigenvalue weighted by atomic mass is 10.3. The standard InChI is InChI=1S/C9H17N3O2S/c1-8(5-10)15(13,14)4-3-9-6-11-12(2)7-9/h6-8H,3-5,10H2,1-2H3. The van der Waals surface area contributed by atoms with E-state index in [4.69, 9.17) is 5.73 Å². The summed E-state index contributed by atoms with van der Waals surface area (Å²) in [6.07, 6.45) is 4.01. The number of rotatable bonds is 5. The van der Waals surface area contributed by atoms with Gasteiger partial charge in [0.05, 0.1) is 17.2 Å². The van der Waals surface area contributed by atoms with Crippen LogP contribution in [-0.4, -0.2) is 35.7 Å². The minimum absolute atomic E-state index is 0.136. The van der Waals surface area contributed by atoms with Crippen molar-refractivity contribution in [2.24, 2.45) is 12.8 Å². The fraction of sp³-hybridized carbons (Fsp3) is 0.667. The third-order valence-corrected chi connectivity index (χ3v) is 4.57. The second-order valence-corrected chi connectivity index (χ2v) is 6.22. The molecule has 2 N–H and O–H groups in total. The van der Waals surface area contributed by atoms with Gasteiger partial charge in [-0.3, -0.25) is 4.68 Å². The Morgan fingerprint density at radius 3 is 2.73 bits per heavy atom. The van der Waals surface area contributed by atoms with Gasteiger partial charge in [0.25, 0.3) is 0 Å². The molecular formula is C9H17N3O2S. The Balaban J connectivity index is 2.57. The number of aromatic nitrogens is 2. The molecule has 0 aliphatic rings. The molecule has 0 saturated carbocycles. The molecule has 5 nitrogen and oxygen atoms in total. The summed E-state index contributed by atoms with van der Waals surface area (Å²) in [4.78, 5) is 0. The molecule has 0 spiro atoms. The predicted octanol–water partition coefficient (Wildman–Crippen LogP) is -0.275. The molecule has 1 unspecified atom stereocenters. The Labute approximate surface area is 90.2 Å². The van der Waals surface area contributed by atoms with Crippen molar-refractivity contribution in [2.45, 2.75) is 18.6 Å². The minimum atomic E-state index is -3.06. The van der Waals surface area contributed by atoms with E-state index < -0.39 is 15.1 Å². The van der Waals surface area contributed by atoms with Crippen LogP contribution in [0.15, 0.2) is 12.4 Å². The Kier molecular flexibility index (Phi) is 3.87. The maximum atomic E-state index is 11.6. The first-order chi connectivity index (χ1) is 6.95. The summed E-state index contributed by atoms with van der Waals surface area (Å²) < 4.78 is 24.9. The first kappa shape index (κ1) is 12.2. The molecule has 0 amide bonds. The average molecular weight is 231 g/mol. The maximum absolute atomic E-state index is 11.6. The minimum Gasteiger partial charge on any atom is -0.329 e. The van der Waals surface area contributed by atoms with Gasteiger partial charge in [0.15, 0.2) is 9.84 Å². The number of hydrogen-bond donors (Lipinski definition) is 1. The second-order valence-electron chi connectivity index (χ2n) is 3.69. The number of nitrogens with two attached hydrogens (primary N) is 1. The van der Waals surface area contributed by atoms with Gasteiger partial charge in [0, 0.05) is 19.8 Å². The molecule has 1 aromatic rings. The van der Waals surface area contributed by atoms with E-state index in [1.54, 1.807) is 24.9 Å². The zero-order valence-electron chi connectivity index (χ0n) is 9.05. The van der Waals surface area contributed by atoms with Gasteiger partial charge in [-0.05, 0) is 18.9 Å². The highest BCUT2D eigenvalue weighted by Crippen LogP contribution is 2.05. The summed E-state index contributed by atoms with van der Waals surface area (Å²) in [6, 6.07) is 0. The van der Waals surface area contributed by atoms with Crippen LogP contribution in [0.2, 0.25) is 0 Å². The summed E-state index contributed by atoms with van der Waals surface area (Å²) in [6.45, 7) is 1.81. The Bertz CT molecular complexity index is 411. The zero-order valence-corrected chi connectivity index (χ0v) is 9.87. The second kappa shape index (κ2) is 4.76. The van der Waals surface area contributed by atoms with Crippen LogP contribution in [0.1, 0.15) is 12.5 Å². The molecule has 0 radical (unpaired) electrons. The summed E-state index contributed by atoms with van der Waals surface area (Å²) in [5, 5.41) is 3.52. The van der Waals surface area contributed by atoms with Gasteiger partial charge in [-0.25, -0.2) is 8.42 Å². The van der Waals surface area contributed by atoms with E-state index in [2.05, 4.69) is 5.10 Å². The number of nitrogens with zero attached hydrogens (tertiary/aromatic N) is 2. The Morgan fingerprint density at radius 1 is 1.60 bits per heavy atom. The van der Waals surface area contributed by atoms with Crippen molar-refractivity contribution < 1.29 is 8.42 Å². The van der Waals surface area contributed by atoms with Gasteiger partial charge in [0.1, 0.15) is 0 Å². The predicted molar refractivity (Wildman–Crippen MR) is 59.2 cm³/mol. The van der Waals surface area contributed by atoms with Gasteiger partial charge in [0.2, 0.25) is 0 Å². The number of aryl methyl sites for hydroxylation is 2. The first-order valence-corrected chi connectivity index (χ1v) is 6.56. The zero-order chi connectivity index (χ0) is 11.5. The largest absolute Gasteiger partial charge is 0.329 e. The SMILES string of the molecule is CC(CN)S(=O)(=O)CCc1cnn(C)c1. The van der Waals surface area contributed by atoms with Gasteiger partial charge < -0.3 is 5.73 Å². The Morgan fingerprint density at radius 2 is 2.27 bits per heavy atom. The lowest BCUT2D eigenvalue weighted by Crippen LogP contribution is -2.29. The molecule has 0 fully saturated rings. The van der Waals surface area contributed by atoms with Crippen LogP contribution < -0.4 is 5.73 Å². The topological polar surface area (TPSA) is 78.0 Å². The van der Waals surface area contributed by atoms with Crippen LogP contribution in [0.3, 0.4) is 0 Å². The molecule has 1 atom stereocenters. The van der Waals surface area contributed by atoms with E-state index in [1.807, 2.05) is 6.20 Å². The quantitative estimate of drug-likeness (QED) is 0.756. The van der Waals surface area contributed by atoms with Crippen molar-refractivity contribution in [3.8, 4) is 0 Å². The van der Waals surface area contributed by atoms with Gasteiger partial charge in [-0.2, -0.15) is 5.10 Å². The molecule has 0 aliphatic heterocycles. The lowest BCUT2D eigenvalue weighted by Gasteiger charge is -2.09. The monoisotopic (exact) mass is 231 g/mol.